The average molecular weight is 274 g/mol. The molecule has 0 unspecified atom stereocenters. The Hall–Kier alpha value is -1.92. The summed E-state index contributed by atoms with van der Waals surface area (Å²) in [6, 6.07) is 3.90. The molecule has 98 valence electrons. The van der Waals surface area contributed by atoms with E-state index in [0.29, 0.717) is 0 Å². The van der Waals surface area contributed by atoms with Crippen LogP contribution < -0.4 is 5.32 Å². The molecule has 19 heavy (non-hydrogen) atoms. The van der Waals surface area contributed by atoms with Crippen molar-refractivity contribution in [2.45, 2.75) is 20.0 Å². The first-order valence-corrected chi connectivity index (χ1v) is 6.94. The molecule has 3 heterocycles. The predicted molar refractivity (Wildman–Crippen MR) is 73.7 cm³/mol. The predicted octanol–water partition coefficient (Wildman–Crippen LogP) is 2.72. The number of thiazole rings is 1. The van der Waals surface area contributed by atoms with Gasteiger partial charge in [-0.1, -0.05) is 0 Å². The summed E-state index contributed by atoms with van der Waals surface area (Å²) < 4.78 is 5.61. The van der Waals surface area contributed by atoms with Crippen LogP contribution in [0.25, 0.3) is 11.5 Å². The van der Waals surface area contributed by atoms with Crippen molar-refractivity contribution in [2.75, 3.05) is 0 Å². The Kier molecular flexibility index (Phi) is 3.43. The second-order valence-corrected chi connectivity index (χ2v) is 4.98. The average Bonchev–Trinajstić information content (AvgIpc) is 3.10. The number of rotatable bonds is 5. The van der Waals surface area contributed by atoms with Gasteiger partial charge in [0.1, 0.15) is 11.5 Å². The molecule has 3 aromatic rings. The molecule has 0 aromatic carbocycles. The van der Waals surface area contributed by atoms with E-state index in [0.717, 1.165) is 41.6 Å². The summed E-state index contributed by atoms with van der Waals surface area (Å²) in [5, 5.41) is 12.5. The lowest BCUT2D eigenvalue weighted by molar-refractivity contribution is 0.545. The highest BCUT2D eigenvalue weighted by atomic mass is 32.1. The quantitative estimate of drug-likeness (QED) is 0.750. The third kappa shape index (κ3) is 2.74. The molecule has 0 atom stereocenters. The maximum atomic E-state index is 5.61. The highest BCUT2D eigenvalue weighted by Crippen LogP contribution is 2.23. The smallest absolute Gasteiger partial charge is 0.152 e. The fraction of sp³-hybridized carbons (Fsp3) is 0.231. The number of hydrogen-bond acceptors (Lipinski definition) is 5. The van der Waals surface area contributed by atoms with E-state index in [-0.39, 0.29) is 0 Å². The third-order valence-corrected chi connectivity index (χ3v) is 3.44. The third-order valence-electron chi connectivity index (χ3n) is 2.81. The summed E-state index contributed by atoms with van der Waals surface area (Å²) in [6.07, 6.45) is 1.82. The molecule has 0 fully saturated rings. The van der Waals surface area contributed by atoms with Crippen molar-refractivity contribution in [1.29, 1.82) is 0 Å². The van der Waals surface area contributed by atoms with Crippen molar-refractivity contribution in [3.05, 3.63) is 46.2 Å². The van der Waals surface area contributed by atoms with E-state index in [1.165, 1.54) is 0 Å². The minimum Gasteiger partial charge on any atom is -0.460 e. The zero-order valence-electron chi connectivity index (χ0n) is 10.5. The lowest BCUT2D eigenvalue weighted by Gasteiger charge is -2.02. The largest absolute Gasteiger partial charge is 0.460 e. The second-order valence-electron chi connectivity index (χ2n) is 4.26. The molecular formula is C13H14N4OS. The van der Waals surface area contributed by atoms with Crippen LogP contribution >= 0.6 is 11.3 Å². The van der Waals surface area contributed by atoms with E-state index in [1.807, 2.05) is 36.1 Å². The van der Waals surface area contributed by atoms with Crippen molar-refractivity contribution in [3.63, 3.8) is 0 Å². The van der Waals surface area contributed by atoms with E-state index in [1.54, 1.807) is 11.3 Å². The number of aryl methyl sites for hydroxylation is 1. The van der Waals surface area contributed by atoms with Crippen molar-refractivity contribution >= 4 is 11.3 Å². The van der Waals surface area contributed by atoms with Gasteiger partial charge in [0.25, 0.3) is 0 Å². The van der Waals surface area contributed by atoms with Crippen LogP contribution in [-0.4, -0.2) is 15.2 Å². The van der Waals surface area contributed by atoms with Crippen LogP contribution in [0.2, 0.25) is 0 Å². The number of H-pyrrole nitrogens is 1. The minimum atomic E-state index is 0.725. The Morgan fingerprint density at radius 1 is 1.37 bits per heavy atom. The van der Waals surface area contributed by atoms with E-state index in [9.17, 15) is 0 Å². The maximum absolute atomic E-state index is 5.61. The van der Waals surface area contributed by atoms with Gasteiger partial charge in [0.15, 0.2) is 5.76 Å². The second kappa shape index (κ2) is 5.38. The Morgan fingerprint density at radius 2 is 2.32 bits per heavy atom. The van der Waals surface area contributed by atoms with Gasteiger partial charge in [-0.25, -0.2) is 4.98 Å². The van der Waals surface area contributed by atoms with E-state index < -0.39 is 0 Å². The van der Waals surface area contributed by atoms with Gasteiger partial charge in [-0.05, 0) is 19.1 Å². The lowest BCUT2D eigenvalue weighted by atomic mass is 10.2. The fourth-order valence-electron chi connectivity index (χ4n) is 1.88. The van der Waals surface area contributed by atoms with Crippen molar-refractivity contribution in [1.82, 2.24) is 20.5 Å². The van der Waals surface area contributed by atoms with Gasteiger partial charge >= 0.3 is 0 Å². The summed E-state index contributed by atoms with van der Waals surface area (Å²) in [4.78, 5) is 4.23. The number of nitrogens with one attached hydrogen (secondary N) is 2. The molecule has 0 aliphatic heterocycles. The van der Waals surface area contributed by atoms with Crippen LogP contribution in [0.15, 0.2) is 33.6 Å². The van der Waals surface area contributed by atoms with E-state index in [4.69, 9.17) is 4.42 Å². The van der Waals surface area contributed by atoms with Crippen molar-refractivity contribution < 1.29 is 4.42 Å². The molecule has 0 saturated carbocycles. The SMILES string of the molecule is Cc1ccc(-c2[nH]ncc2CNCc2cscn2)o1. The molecule has 6 heteroatoms. The van der Waals surface area contributed by atoms with Gasteiger partial charge in [-0.2, -0.15) is 5.10 Å². The first kappa shape index (κ1) is 12.1. The minimum absolute atomic E-state index is 0.725. The number of aromatic amines is 1. The van der Waals surface area contributed by atoms with Gasteiger partial charge < -0.3 is 9.73 Å². The molecule has 5 nitrogen and oxygen atoms in total. The van der Waals surface area contributed by atoms with Crippen LogP contribution in [0.4, 0.5) is 0 Å². The number of furan rings is 1. The molecule has 3 aromatic heterocycles. The number of hydrogen-bond donors (Lipinski definition) is 2. The summed E-state index contributed by atoms with van der Waals surface area (Å²) in [5.41, 5.74) is 4.92. The zero-order valence-corrected chi connectivity index (χ0v) is 11.3. The molecule has 0 spiro atoms. The summed E-state index contributed by atoms with van der Waals surface area (Å²) >= 11 is 1.61. The standard InChI is InChI=1S/C13H14N4OS/c1-9-2-3-12(18-9)13-10(5-16-17-13)4-14-6-11-7-19-8-15-11/h2-3,5,7-8,14H,4,6H2,1H3,(H,16,17). The van der Waals surface area contributed by atoms with Gasteiger partial charge in [-0.3, -0.25) is 5.10 Å². The normalized spacial score (nSPS) is 11.0. The Balaban J connectivity index is 1.67. The van der Waals surface area contributed by atoms with Crippen LogP contribution in [0, 0.1) is 6.92 Å². The molecule has 0 aliphatic carbocycles. The van der Waals surface area contributed by atoms with E-state index >= 15 is 0 Å². The molecule has 0 amide bonds. The summed E-state index contributed by atoms with van der Waals surface area (Å²) in [5.74, 6) is 1.71. The topological polar surface area (TPSA) is 66.7 Å². The van der Waals surface area contributed by atoms with Crippen LogP contribution in [0.5, 0.6) is 0 Å². The maximum Gasteiger partial charge on any atom is 0.152 e. The van der Waals surface area contributed by atoms with Gasteiger partial charge in [0.2, 0.25) is 0 Å². The monoisotopic (exact) mass is 274 g/mol. The molecule has 0 bridgehead atoms. The van der Waals surface area contributed by atoms with Gasteiger partial charge in [0.05, 0.1) is 17.4 Å². The highest BCUT2D eigenvalue weighted by molar-refractivity contribution is 7.07. The van der Waals surface area contributed by atoms with Crippen LogP contribution in [-0.2, 0) is 13.1 Å². The number of nitrogens with zero attached hydrogens (tertiary/aromatic N) is 2. The lowest BCUT2D eigenvalue weighted by Crippen LogP contribution is -2.12. The molecule has 3 rings (SSSR count). The Labute approximate surface area is 114 Å². The fourth-order valence-corrected chi connectivity index (χ4v) is 2.44. The first-order chi connectivity index (χ1) is 9.33. The van der Waals surface area contributed by atoms with Crippen molar-refractivity contribution in [3.8, 4) is 11.5 Å². The highest BCUT2D eigenvalue weighted by Gasteiger charge is 2.10. The van der Waals surface area contributed by atoms with Gasteiger partial charge in [0, 0.05) is 24.0 Å². The van der Waals surface area contributed by atoms with Crippen molar-refractivity contribution in [2.24, 2.45) is 0 Å². The molecule has 0 radical (unpaired) electrons. The zero-order chi connectivity index (χ0) is 13.1. The van der Waals surface area contributed by atoms with E-state index in [2.05, 4.69) is 20.5 Å². The van der Waals surface area contributed by atoms with Gasteiger partial charge in [-0.15, -0.1) is 11.3 Å². The molecule has 2 N–H and O–H groups in total. The molecular weight excluding hydrogens is 260 g/mol. The Morgan fingerprint density at radius 3 is 3.05 bits per heavy atom. The molecule has 0 saturated heterocycles. The Bertz CT molecular complexity index is 641. The molecule has 0 aliphatic rings. The van der Waals surface area contributed by atoms with Crippen LogP contribution in [0.3, 0.4) is 0 Å². The number of aromatic nitrogens is 3. The van der Waals surface area contributed by atoms with Crippen LogP contribution in [0.1, 0.15) is 17.0 Å². The first-order valence-electron chi connectivity index (χ1n) is 6.00. The summed E-state index contributed by atoms with van der Waals surface area (Å²) in [6.45, 7) is 3.41. The summed E-state index contributed by atoms with van der Waals surface area (Å²) in [7, 11) is 0.